The predicted octanol–water partition coefficient (Wildman–Crippen LogP) is 11.6. The van der Waals surface area contributed by atoms with Crippen LogP contribution in [0.15, 0.2) is 72.9 Å². The monoisotopic (exact) mass is 825 g/mol. The molecule has 0 fully saturated rings. The van der Waals surface area contributed by atoms with Crippen LogP contribution in [0.5, 0.6) is 0 Å². The molecule has 0 saturated heterocycles. The number of fused-ring (bicyclic) bond motifs is 6. The van der Waals surface area contributed by atoms with Gasteiger partial charge >= 0.3 is 0 Å². The number of rotatable bonds is 7. The van der Waals surface area contributed by atoms with Crippen molar-refractivity contribution in [3.8, 4) is 11.3 Å². The van der Waals surface area contributed by atoms with Crippen molar-refractivity contribution in [1.29, 1.82) is 0 Å². The molecule has 5 aromatic rings. The maximum atomic E-state index is 10.0. The van der Waals surface area contributed by atoms with E-state index >= 15 is 0 Å². The molecule has 4 aromatic carbocycles. The minimum atomic E-state index is -0.427. The summed E-state index contributed by atoms with van der Waals surface area (Å²) in [5.41, 5.74) is 4.70. The van der Waals surface area contributed by atoms with Gasteiger partial charge in [0.25, 0.3) is 0 Å². The third-order valence-corrected chi connectivity index (χ3v) is 10.6. The number of aliphatic hydroxyl groups excluding tert-OH is 2. The Hall–Kier alpha value is -2.62. The Balaban J connectivity index is 0.000000334. The SMILES string of the molecule is CC(C)(C)c1ccc2c3c[c-]c(-c4ccccn4)cc3c3ccc(C(C)(C)C)cc3c2c1.CCC(C)(C)C(O)CC(O)C(C)(C)CC.[Ir]. The second-order valence-electron chi connectivity index (χ2n) is 16.9. The Morgan fingerprint density at radius 2 is 1.06 bits per heavy atom. The standard InChI is InChI=1S/C31H30N.C13H28O2.Ir/c1-30(2,3)21-11-14-24-23-13-10-20(29-9-7-8-16-32-29)17-26(23)25-15-12-22(31(4,5)6)19-28(25)27(24)18-21;1-7-12(3,4)10(14)9-11(15)13(5,6)8-2;/h7-9,11-19H,1-6H3;10-11,14-15H,7-9H2,1-6H3;/q-1;;. The molecule has 1 radical (unpaired) electrons. The van der Waals surface area contributed by atoms with E-state index in [-0.39, 0.29) is 41.8 Å². The molecule has 2 N–H and O–H groups in total. The number of aliphatic hydroxyl groups is 2. The van der Waals surface area contributed by atoms with Crippen LogP contribution in [-0.2, 0) is 30.9 Å². The van der Waals surface area contributed by atoms with Crippen molar-refractivity contribution in [2.75, 3.05) is 0 Å². The van der Waals surface area contributed by atoms with Crippen LogP contribution in [0.3, 0.4) is 0 Å². The summed E-state index contributed by atoms with van der Waals surface area (Å²) >= 11 is 0. The molecule has 0 bridgehead atoms. The van der Waals surface area contributed by atoms with E-state index in [9.17, 15) is 10.2 Å². The van der Waals surface area contributed by atoms with E-state index < -0.39 is 12.2 Å². The normalized spacial score (nSPS) is 14.0. The first-order chi connectivity index (χ1) is 21.8. The van der Waals surface area contributed by atoms with Crippen LogP contribution in [0.1, 0.15) is 113 Å². The third kappa shape index (κ3) is 8.75. The van der Waals surface area contributed by atoms with E-state index in [1.54, 1.807) is 0 Å². The van der Waals surface area contributed by atoms with Gasteiger partial charge in [0.2, 0.25) is 0 Å². The molecule has 0 aliphatic carbocycles. The Labute approximate surface area is 303 Å². The van der Waals surface area contributed by atoms with E-state index in [0.29, 0.717) is 6.42 Å². The zero-order valence-electron chi connectivity index (χ0n) is 31.4. The molecular formula is C44H58IrNO2-. The fourth-order valence-corrected chi connectivity index (χ4v) is 5.86. The Morgan fingerprint density at radius 1 is 0.604 bits per heavy atom. The van der Waals surface area contributed by atoms with Crippen molar-refractivity contribution >= 4 is 32.3 Å². The first-order valence-corrected chi connectivity index (χ1v) is 17.4. The van der Waals surface area contributed by atoms with Gasteiger partial charge in [0, 0.05) is 32.7 Å². The molecule has 0 spiro atoms. The van der Waals surface area contributed by atoms with Gasteiger partial charge < -0.3 is 15.2 Å². The molecule has 2 unspecified atom stereocenters. The molecule has 0 saturated carbocycles. The maximum absolute atomic E-state index is 10.0. The Bertz CT molecular complexity index is 1810. The molecule has 1 aromatic heterocycles. The molecule has 4 heteroatoms. The first-order valence-electron chi connectivity index (χ1n) is 17.4. The molecule has 0 aliphatic rings. The van der Waals surface area contributed by atoms with E-state index in [2.05, 4.69) is 115 Å². The Kier molecular flexibility index (Phi) is 12.5. The first kappa shape index (κ1) is 39.8. The van der Waals surface area contributed by atoms with Crippen molar-refractivity contribution in [3.05, 3.63) is 90.1 Å². The van der Waals surface area contributed by atoms with Crippen molar-refractivity contribution < 1.29 is 30.3 Å². The summed E-state index contributed by atoms with van der Waals surface area (Å²) in [6, 6.07) is 27.9. The average molecular weight is 825 g/mol. The fourth-order valence-electron chi connectivity index (χ4n) is 5.86. The van der Waals surface area contributed by atoms with Gasteiger partial charge in [-0.1, -0.05) is 148 Å². The number of pyridine rings is 1. The molecule has 261 valence electrons. The van der Waals surface area contributed by atoms with Crippen LogP contribution in [0.4, 0.5) is 0 Å². The topological polar surface area (TPSA) is 53.4 Å². The molecule has 48 heavy (non-hydrogen) atoms. The smallest absolute Gasteiger partial charge is 0.0615 e. The summed E-state index contributed by atoms with van der Waals surface area (Å²) in [6.45, 7) is 26.0. The van der Waals surface area contributed by atoms with Crippen LogP contribution in [-0.4, -0.2) is 27.4 Å². The summed E-state index contributed by atoms with van der Waals surface area (Å²) in [4.78, 5) is 4.55. The third-order valence-electron chi connectivity index (χ3n) is 10.6. The zero-order valence-corrected chi connectivity index (χ0v) is 33.8. The molecular weight excluding hydrogens is 767 g/mol. The van der Waals surface area contributed by atoms with E-state index in [4.69, 9.17) is 0 Å². The predicted molar refractivity (Wildman–Crippen MR) is 203 cm³/mol. The molecule has 0 amide bonds. The summed E-state index contributed by atoms with van der Waals surface area (Å²) in [5, 5.41) is 27.8. The van der Waals surface area contributed by atoms with E-state index in [1.807, 2.05) is 52.1 Å². The number of hydrogen-bond acceptors (Lipinski definition) is 3. The molecule has 2 atom stereocenters. The quantitative estimate of drug-likeness (QED) is 0.127. The van der Waals surface area contributed by atoms with Crippen LogP contribution in [0.2, 0.25) is 0 Å². The van der Waals surface area contributed by atoms with Crippen molar-refractivity contribution in [1.82, 2.24) is 4.98 Å². The van der Waals surface area contributed by atoms with Crippen LogP contribution in [0, 0.1) is 16.9 Å². The van der Waals surface area contributed by atoms with Gasteiger partial charge in [-0.15, -0.1) is 23.8 Å². The van der Waals surface area contributed by atoms with Gasteiger partial charge in [0.05, 0.1) is 12.2 Å². The summed E-state index contributed by atoms with van der Waals surface area (Å²) < 4.78 is 0. The number of benzene rings is 4. The zero-order chi connectivity index (χ0) is 34.9. The van der Waals surface area contributed by atoms with Gasteiger partial charge in [-0.3, -0.25) is 0 Å². The van der Waals surface area contributed by atoms with Crippen LogP contribution >= 0.6 is 0 Å². The second kappa shape index (κ2) is 15.1. The number of nitrogens with zero attached hydrogens (tertiary/aromatic N) is 1. The van der Waals surface area contributed by atoms with E-state index in [0.717, 1.165) is 24.1 Å². The van der Waals surface area contributed by atoms with Crippen molar-refractivity contribution in [2.24, 2.45) is 10.8 Å². The number of aromatic nitrogens is 1. The van der Waals surface area contributed by atoms with Crippen LogP contribution < -0.4 is 0 Å². The molecule has 0 aliphatic heterocycles. The van der Waals surface area contributed by atoms with Crippen molar-refractivity contribution in [3.63, 3.8) is 0 Å². The Morgan fingerprint density at radius 3 is 1.48 bits per heavy atom. The summed E-state index contributed by atoms with van der Waals surface area (Å²) in [5.74, 6) is 0. The van der Waals surface area contributed by atoms with Gasteiger partial charge in [0.15, 0.2) is 0 Å². The number of hydrogen-bond donors (Lipinski definition) is 2. The maximum Gasteiger partial charge on any atom is 0.0615 e. The second-order valence-corrected chi connectivity index (χ2v) is 16.9. The van der Waals surface area contributed by atoms with Crippen molar-refractivity contribution in [2.45, 2.75) is 125 Å². The minimum Gasteiger partial charge on any atom is -0.392 e. The van der Waals surface area contributed by atoms with E-state index in [1.165, 1.54) is 43.4 Å². The van der Waals surface area contributed by atoms with Gasteiger partial charge in [-0.05, 0) is 73.5 Å². The summed E-state index contributed by atoms with van der Waals surface area (Å²) in [6.07, 6.45) is 3.31. The molecule has 3 nitrogen and oxygen atoms in total. The van der Waals surface area contributed by atoms with Gasteiger partial charge in [-0.25, -0.2) is 0 Å². The minimum absolute atomic E-state index is 0. The van der Waals surface area contributed by atoms with Gasteiger partial charge in [0.1, 0.15) is 0 Å². The largest absolute Gasteiger partial charge is 0.392 e. The van der Waals surface area contributed by atoms with Gasteiger partial charge in [-0.2, -0.15) is 0 Å². The van der Waals surface area contributed by atoms with Crippen LogP contribution in [0.25, 0.3) is 43.6 Å². The molecule has 1 heterocycles. The summed E-state index contributed by atoms with van der Waals surface area (Å²) in [7, 11) is 0. The molecule has 5 rings (SSSR count). The fraction of sp³-hybridized carbons (Fsp3) is 0.477. The average Bonchev–Trinajstić information content (AvgIpc) is 3.03.